The van der Waals surface area contributed by atoms with Crippen molar-refractivity contribution in [2.24, 2.45) is 0 Å². The molecule has 2 nitrogen and oxygen atoms in total. The molecule has 1 heterocycles. The molecule has 0 N–H and O–H groups in total. The maximum absolute atomic E-state index is 7.41. The Hall–Kier alpha value is -0.630. The molecule has 0 atom stereocenters. The van der Waals surface area contributed by atoms with Crippen LogP contribution in [-0.2, 0) is 6.37 Å². The molecule has 0 aliphatic heterocycles. The molecule has 0 spiro atoms. The Bertz CT molecular complexity index is 376. The predicted molar refractivity (Wildman–Crippen MR) is 41.2 cm³/mol. The van der Waals surface area contributed by atoms with E-state index in [1.165, 1.54) is 6.20 Å². The lowest BCUT2D eigenvalue weighted by Gasteiger charge is -1.97. The van der Waals surface area contributed by atoms with Crippen LogP contribution >= 0.6 is 11.6 Å². The third-order valence-electron chi connectivity index (χ3n) is 1.02. The van der Waals surface area contributed by atoms with Gasteiger partial charge >= 0.3 is 0 Å². The monoisotopic (exact) mass is 161 g/mol. The molecule has 0 aliphatic rings. The van der Waals surface area contributed by atoms with E-state index in [4.69, 9.17) is 18.5 Å². The minimum atomic E-state index is -2.81. The number of hydrogen-bond donors (Lipinski definition) is 0. The van der Waals surface area contributed by atoms with E-state index < -0.39 is 19.0 Å². The van der Waals surface area contributed by atoms with Crippen LogP contribution in [0.1, 0.15) is 25.1 Å². The highest BCUT2D eigenvalue weighted by Crippen LogP contribution is 2.09. The maximum atomic E-state index is 7.41. The summed E-state index contributed by atoms with van der Waals surface area (Å²) in [4.78, 5) is 7.28. The first-order valence-corrected chi connectivity index (χ1v) is 3.03. The minimum absolute atomic E-state index is 0.0631. The average molecular weight is 162 g/mol. The van der Waals surface area contributed by atoms with Gasteiger partial charge in [0.05, 0.1) is 0 Å². The third-order valence-corrected chi connectivity index (χ3v) is 1.40. The van der Waals surface area contributed by atoms with Crippen molar-refractivity contribution in [1.29, 1.82) is 0 Å². The molecule has 0 saturated heterocycles. The van der Waals surface area contributed by atoms with Gasteiger partial charge in [0.2, 0.25) is 0 Å². The fourth-order valence-corrected chi connectivity index (χ4v) is 0.610. The minimum Gasteiger partial charge on any atom is -0.241 e. The normalized spacial score (nSPS) is 20.0. The van der Waals surface area contributed by atoms with Crippen molar-refractivity contribution >= 4 is 11.6 Å². The number of nitrogens with zero attached hydrogens (tertiary/aromatic N) is 2. The summed E-state index contributed by atoms with van der Waals surface area (Å²) in [6, 6.07) is 0. The van der Waals surface area contributed by atoms with Gasteiger partial charge in [-0.3, -0.25) is 0 Å². The van der Waals surface area contributed by atoms with E-state index in [0.29, 0.717) is 5.56 Å². The summed E-state index contributed by atoms with van der Waals surface area (Å²) in [5.41, 5.74) is 0.571. The van der Waals surface area contributed by atoms with Gasteiger partial charge in [0.25, 0.3) is 0 Å². The highest BCUT2D eigenvalue weighted by molar-refractivity contribution is 6.30. The molecule has 0 saturated carbocycles. The zero-order chi connectivity index (χ0) is 11.9. The second kappa shape index (κ2) is 2.97. The van der Waals surface area contributed by atoms with E-state index in [9.17, 15) is 0 Å². The Morgan fingerprint density at radius 1 is 1.90 bits per heavy atom. The highest BCUT2D eigenvalue weighted by atomic mass is 35.5. The topological polar surface area (TPSA) is 25.8 Å². The Kier molecular flexibility index (Phi) is 0.944. The van der Waals surface area contributed by atoms with Crippen LogP contribution in [0.25, 0.3) is 0 Å². The number of halogens is 1. The molecule has 0 aliphatic carbocycles. The van der Waals surface area contributed by atoms with Crippen molar-refractivity contribution in [3.8, 4) is 0 Å². The summed E-state index contributed by atoms with van der Waals surface area (Å²) in [5, 5.41) is 0.0631. The van der Waals surface area contributed by atoms with Crippen molar-refractivity contribution in [2.45, 2.75) is 20.1 Å². The molecule has 3 heteroatoms. The van der Waals surface area contributed by atoms with Crippen molar-refractivity contribution in [3.63, 3.8) is 0 Å². The van der Waals surface area contributed by atoms with Gasteiger partial charge in [-0.15, -0.1) is 0 Å². The fraction of sp³-hybridized carbons (Fsp3) is 0.429. The summed E-state index contributed by atoms with van der Waals surface area (Å²) in [7, 11) is 0. The van der Waals surface area contributed by atoms with Crippen LogP contribution in [-0.4, -0.2) is 9.97 Å². The number of rotatable bonds is 1. The van der Waals surface area contributed by atoms with Crippen LogP contribution in [0.5, 0.6) is 0 Å². The van der Waals surface area contributed by atoms with Gasteiger partial charge in [0.15, 0.2) is 0 Å². The lowest BCUT2D eigenvalue weighted by atomic mass is 10.4. The van der Waals surface area contributed by atoms with E-state index >= 15 is 0 Å². The summed E-state index contributed by atoms with van der Waals surface area (Å²) in [6.07, 6.45) is -1.29. The summed E-state index contributed by atoms with van der Waals surface area (Å²) in [5.74, 6) is -0.418. The number of hydrogen-bond acceptors (Lipinski definition) is 2. The second-order valence-corrected chi connectivity index (χ2v) is 2.15. The van der Waals surface area contributed by atoms with Crippen LogP contribution in [0, 0.1) is 6.92 Å². The van der Waals surface area contributed by atoms with Crippen LogP contribution in [0.15, 0.2) is 6.20 Å². The molecule has 10 heavy (non-hydrogen) atoms. The van der Waals surface area contributed by atoms with Crippen LogP contribution < -0.4 is 0 Å². The molecule has 54 valence electrons. The van der Waals surface area contributed by atoms with Crippen LogP contribution in [0.2, 0.25) is 5.15 Å². The first kappa shape index (κ1) is 3.18. The van der Waals surface area contributed by atoms with Gasteiger partial charge in [-0.05, 0) is 6.92 Å². The van der Waals surface area contributed by atoms with E-state index in [0.717, 1.165) is 0 Å². The Morgan fingerprint density at radius 3 is 3.30 bits per heavy atom. The maximum Gasteiger partial charge on any atom is 0.135 e. The highest BCUT2D eigenvalue weighted by Gasteiger charge is 1.97. The fourth-order valence-electron chi connectivity index (χ4n) is 0.481. The van der Waals surface area contributed by atoms with E-state index in [2.05, 4.69) is 9.97 Å². The molecule has 0 amide bonds. The van der Waals surface area contributed by atoms with Gasteiger partial charge in [0, 0.05) is 25.0 Å². The molecule has 0 unspecified atom stereocenters. The molecule has 0 radical (unpaired) electrons. The van der Waals surface area contributed by atoms with E-state index in [1.807, 2.05) is 0 Å². The van der Waals surface area contributed by atoms with E-state index in [1.54, 1.807) is 6.92 Å². The Balaban J connectivity index is 3.22. The first-order valence-electron chi connectivity index (χ1n) is 5.16. The zero-order valence-electron chi connectivity index (χ0n) is 10.3. The molecular weight excluding hydrogens is 148 g/mol. The summed E-state index contributed by atoms with van der Waals surface area (Å²) < 4.78 is 35.9. The Morgan fingerprint density at radius 2 is 2.70 bits per heavy atom. The van der Waals surface area contributed by atoms with Crippen LogP contribution in [0.3, 0.4) is 0 Å². The Labute approximate surface area is 72.3 Å². The lowest BCUT2D eigenvalue weighted by molar-refractivity contribution is 0.929. The summed E-state index contributed by atoms with van der Waals surface area (Å²) >= 11 is 5.67. The molecule has 1 aromatic heterocycles. The van der Waals surface area contributed by atoms with Gasteiger partial charge in [0.1, 0.15) is 11.0 Å². The van der Waals surface area contributed by atoms with E-state index in [-0.39, 0.29) is 5.15 Å². The molecule has 1 aromatic rings. The largest absolute Gasteiger partial charge is 0.241 e. The SMILES string of the molecule is [2H]C([2H])([2H])C([2H])([2H])c1ncc(C)c(Cl)n1. The van der Waals surface area contributed by atoms with Crippen molar-refractivity contribution < 1.29 is 6.85 Å². The second-order valence-electron chi connectivity index (χ2n) is 1.79. The van der Waals surface area contributed by atoms with Crippen molar-refractivity contribution in [3.05, 3.63) is 22.7 Å². The quantitative estimate of drug-likeness (QED) is 0.589. The summed E-state index contributed by atoms with van der Waals surface area (Å²) in [6.45, 7) is -1.16. The molecule has 0 bridgehead atoms. The third kappa shape index (κ3) is 1.45. The van der Waals surface area contributed by atoms with Gasteiger partial charge in [-0.2, -0.15) is 0 Å². The molecule has 0 fully saturated rings. The van der Waals surface area contributed by atoms with Gasteiger partial charge < -0.3 is 0 Å². The van der Waals surface area contributed by atoms with Crippen molar-refractivity contribution in [1.82, 2.24) is 9.97 Å². The van der Waals surface area contributed by atoms with Gasteiger partial charge in [-0.25, -0.2) is 9.97 Å². The first-order chi connectivity index (χ1) is 6.66. The molecule has 1 rings (SSSR count). The molecule has 0 aromatic carbocycles. The van der Waals surface area contributed by atoms with Gasteiger partial charge in [-0.1, -0.05) is 18.5 Å². The van der Waals surface area contributed by atoms with Crippen molar-refractivity contribution in [2.75, 3.05) is 0 Å². The standard InChI is InChI=1S/C7H9ClN2/c1-3-6-9-4-5(2)7(8)10-6/h4H,3H2,1-2H3/i1D3,3D2. The molecular formula is C7H9ClN2. The zero-order valence-corrected chi connectivity index (χ0v) is 6.11. The smallest absolute Gasteiger partial charge is 0.135 e. The van der Waals surface area contributed by atoms with Crippen LogP contribution in [0.4, 0.5) is 0 Å². The number of aryl methyl sites for hydroxylation is 2. The lowest BCUT2D eigenvalue weighted by Crippen LogP contribution is -1.93. The average Bonchev–Trinajstić information content (AvgIpc) is 2.07. The predicted octanol–water partition coefficient (Wildman–Crippen LogP) is 2.00. The number of aromatic nitrogens is 2.